The van der Waals surface area contributed by atoms with Crippen LogP contribution in [-0.4, -0.2) is 21.3 Å². The summed E-state index contributed by atoms with van der Waals surface area (Å²) in [6, 6.07) is 2.89. The quantitative estimate of drug-likeness (QED) is 0.633. The Labute approximate surface area is 72.9 Å². The number of carboxylic acids is 1. The van der Waals surface area contributed by atoms with E-state index < -0.39 is 23.6 Å². The second kappa shape index (κ2) is 3.40. The van der Waals surface area contributed by atoms with Crippen molar-refractivity contribution in [3.8, 4) is 5.75 Å². The number of aliphatic hydroxyl groups excluding tert-OH is 1. The van der Waals surface area contributed by atoms with Crippen molar-refractivity contribution >= 4 is 5.97 Å². The van der Waals surface area contributed by atoms with Gasteiger partial charge in [0, 0.05) is 0 Å². The van der Waals surface area contributed by atoms with Crippen molar-refractivity contribution in [1.82, 2.24) is 0 Å². The molecular formula is C8H7FO4. The second-order valence-corrected chi connectivity index (χ2v) is 2.45. The molecule has 70 valence electrons. The molecule has 1 atom stereocenters. The Bertz CT molecular complexity index is 337. The molecule has 0 spiro atoms. The topological polar surface area (TPSA) is 77.8 Å². The summed E-state index contributed by atoms with van der Waals surface area (Å²) >= 11 is 0. The summed E-state index contributed by atoms with van der Waals surface area (Å²) in [5.74, 6) is -3.01. The number of aromatic hydroxyl groups is 1. The summed E-state index contributed by atoms with van der Waals surface area (Å²) in [5.41, 5.74) is -0.109. The average Bonchev–Trinajstić information content (AvgIpc) is 2.08. The van der Waals surface area contributed by atoms with Crippen LogP contribution in [0, 0.1) is 5.82 Å². The van der Waals surface area contributed by atoms with Gasteiger partial charge in [-0.15, -0.1) is 0 Å². The molecule has 0 aromatic heterocycles. The molecule has 0 aliphatic rings. The maximum Gasteiger partial charge on any atom is 0.337 e. The van der Waals surface area contributed by atoms with Crippen LogP contribution in [0.4, 0.5) is 4.39 Å². The van der Waals surface area contributed by atoms with Gasteiger partial charge in [-0.2, -0.15) is 0 Å². The molecule has 13 heavy (non-hydrogen) atoms. The number of benzene rings is 1. The van der Waals surface area contributed by atoms with E-state index in [1.807, 2.05) is 0 Å². The van der Waals surface area contributed by atoms with Crippen LogP contribution < -0.4 is 0 Å². The normalized spacial score (nSPS) is 12.5. The molecule has 0 saturated heterocycles. The molecule has 0 heterocycles. The van der Waals surface area contributed by atoms with Gasteiger partial charge in [-0.25, -0.2) is 9.18 Å². The number of hydrogen-bond donors (Lipinski definition) is 3. The first-order chi connectivity index (χ1) is 6.02. The standard InChI is InChI=1S/C8H7FO4/c9-5-3-4(1-2-6(5)10)7(11)8(12)13/h1-3,7,10-11H,(H,12,13). The first-order valence-electron chi connectivity index (χ1n) is 3.41. The van der Waals surface area contributed by atoms with Gasteiger partial charge in [0.1, 0.15) is 0 Å². The largest absolute Gasteiger partial charge is 0.505 e. The third-order valence-electron chi connectivity index (χ3n) is 1.52. The van der Waals surface area contributed by atoms with E-state index >= 15 is 0 Å². The molecule has 0 fully saturated rings. The number of carbonyl (C=O) groups is 1. The fraction of sp³-hybridized carbons (Fsp3) is 0.125. The fourth-order valence-electron chi connectivity index (χ4n) is 0.836. The van der Waals surface area contributed by atoms with E-state index in [9.17, 15) is 9.18 Å². The van der Waals surface area contributed by atoms with E-state index in [4.69, 9.17) is 15.3 Å². The predicted molar refractivity (Wildman–Crippen MR) is 40.7 cm³/mol. The third-order valence-corrected chi connectivity index (χ3v) is 1.52. The minimum atomic E-state index is -1.77. The molecule has 1 aromatic carbocycles. The molecule has 1 aromatic rings. The summed E-state index contributed by atoms with van der Waals surface area (Å²) < 4.78 is 12.6. The van der Waals surface area contributed by atoms with Gasteiger partial charge in [0.2, 0.25) is 0 Å². The van der Waals surface area contributed by atoms with Crippen molar-refractivity contribution < 1.29 is 24.5 Å². The molecular weight excluding hydrogens is 179 g/mol. The first-order valence-corrected chi connectivity index (χ1v) is 3.41. The summed E-state index contributed by atoms with van der Waals surface area (Å²) in [4.78, 5) is 10.3. The van der Waals surface area contributed by atoms with Gasteiger partial charge in [-0.05, 0) is 17.7 Å². The van der Waals surface area contributed by atoms with Crippen LogP contribution in [0.2, 0.25) is 0 Å². The Morgan fingerprint density at radius 1 is 1.46 bits per heavy atom. The third kappa shape index (κ3) is 1.94. The Morgan fingerprint density at radius 2 is 2.08 bits per heavy atom. The Balaban J connectivity index is 3.03. The highest BCUT2D eigenvalue weighted by molar-refractivity contribution is 5.74. The van der Waals surface area contributed by atoms with Gasteiger partial charge >= 0.3 is 5.97 Å². The lowest BCUT2D eigenvalue weighted by molar-refractivity contribution is -0.146. The second-order valence-electron chi connectivity index (χ2n) is 2.45. The van der Waals surface area contributed by atoms with E-state index in [2.05, 4.69) is 0 Å². The lowest BCUT2D eigenvalue weighted by Crippen LogP contribution is -2.10. The molecule has 4 nitrogen and oxygen atoms in total. The van der Waals surface area contributed by atoms with Gasteiger partial charge in [-0.3, -0.25) is 0 Å². The van der Waals surface area contributed by atoms with E-state index in [-0.39, 0.29) is 5.56 Å². The van der Waals surface area contributed by atoms with Crippen molar-refractivity contribution in [2.45, 2.75) is 6.10 Å². The zero-order valence-electron chi connectivity index (χ0n) is 6.44. The zero-order valence-corrected chi connectivity index (χ0v) is 6.44. The van der Waals surface area contributed by atoms with Crippen LogP contribution in [0.3, 0.4) is 0 Å². The maximum atomic E-state index is 12.6. The Hall–Kier alpha value is -1.62. The van der Waals surface area contributed by atoms with E-state index in [0.717, 1.165) is 18.2 Å². The zero-order chi connectivity index (χ0) is 10.0. The van der Waals surface area contributed by atoms with Crippen molar-refractivity contribution in [3.05, 3.63) is 29.6 Å². The molecule has 0 saturated carbocycles. The molecule has 0 radical (unpaired) electrons. The van der Waals surface area contributed by atoms with Gasteiger partial charge in [0.05, 0.1) is 0 Å². The van der Waals surface area contributed by atoms with Gasteiger partial charge in [-0.1, -0.05) is 6.07 Å². The van der Waals surface area contributed by atoms with E-state index in [1.54, 1.807) is 0 Å². The van der Waals surface area contributed by atoms with Crippen LogP contribution in [0.5, 0.6) is 5.75 Å². The van der Waals surface area contributed by atoms with E-state index in [0.29, 0.717) is 0 Å². The molecule has 0 aliphatic heterocycles. The average molecular weight is 186 g/mol. The highest BCUT2D eigenvalue weighted by atomic mass is 19.1. The number of rotatable bonds is 2. The number of carboxylic acid groups (broad SMARTS) is 1. The lowest BCUT2D eigenvalue weighted by Gasteiger charge is -2.05. The van der Waals surface area contributed by atoms with E-state index in [1.165, 1.54) is 0 Å². The molecule has 1 unspecified atom stereocenters. The smallest absolute Gasteiger partial charge is 0.337 e. The fourth-order valence-corrected chi connectivity index (χ4v) is 0.836. The van der Waals surface area contributed by atoms with Crippen LogP contribution >= 0.6 is 0 Å². The maximum absolute atomic E-state index is 12.6. The number of aliphatic carboxylic acids is 1. The highest BCUT2D eigenvalue weighted by Crippen LogP contribution is 2.20. The summed E-state index contributed by atoms with van der Waals surface area (Å²) in [7, 11) is 0. The number of halogens is 1. The molecule has 1 rings (SSSR count). The number of phenols is 1. The molecule has 5 heteroatoms. The van der Waals surface area contributed by atoms with Crippen molar-refractivity contribution in [2.75, 3.05) is 0 Å². The lowest BCUT2D eigenvalue weighted by atomic mass is 10.1. The summed E-state index contributed by atoms with van der Waals surface area (Å²) in [6.45, 7) is 0. The van der Waals surface area contributed by atoms with Crippen molar-refractivity contribution in [3.63, 3.8) is 0 Å². The monoisotopic (exact) mass is 186 g/mol. The number of phenolic OH excluding ortho intramolecular Hbond substituents is 1. The van der Waals surface area contributed by atoms with Crippen molar-refractivity contribution in [1.29, 1.82) is 0 Å². The Kier molecular flexibility index (Phi) is 2.48. The molecule has 0 amide bonds. The van der Waals surface area contributed by atoms with Crippen LogP contribution in [0.25, 0.3) is 0 Å². The van der Waals surface area contributed by atoms with Gasteiger partial charge in [0.25, 0.3) is 0 Å². The minimum Gasteiger partial charge on any atom is -0.505 e. The number of hydrogen-bond acceptors (Lipinski definition) is 3. The van der Waals surface area contributed by atoms with Crippen LogP contribution in [-0.2, 0) is 4.79 Å². The van der Waals surface area contributed by atoms with Crippen LogP contribution in [0.15, 0.2) is 18.2 Å². The highest BCUT2D eigenvalue weighted by Gasteiger charge is 2.16. The van der Waals surface area contributed by atoms with Gasteiger partial charge < -0.3 is 15.3 Å². The van der Waals surface area contributed by atoms with Gasteiger partial charge in [0.15, 0.2) is 17.7 Å². The number of aliphatic hydroxyl groups is 1. The summed E-state index contributed by atoms with van der Waals surface area (Å²) in [5, 5.41) is 26.1. The van der Waals surface area contributed by atoms with Crippen molar-refractivity contribution in [2.24, 2.45) is 0 Å². The first kappa shape index (κ1) is 9.47. The molecule has 0 bridgehead atoms. The van der Waals surface area contributed by atoms with Crippen LogP contribution in [0.1, 0.15) is 11.7 Å². The summed E-state index contributed by atoms with van der Waals surface area (Å²) in [6.07, 6.45) is -1.77. The SMILES string of the molecule is O=C(O)C(O)c1ccc(O)c(F)c1. The minimum absolute atomic E-state index is 0.109. The molecule has 0 aliphatic carbocycles. The predicted octanol–water partition coefficient (Wildman–Crippen LogP) is 0.649. The molecule has 3 N–H and O–H groups in total. The Morgan fingerprint density at radius 3 is 2.54 bits per heavy atom.